The molecular weight excluding hydrogens is 243 g/mol. The average molecular weight is 250 g/mol. The fourth-order valence-electron chi connectivity index (χ4n) is 0.237. The molecule has 1 N–H and O–H groups in total. The van der Waals surface area contributed by atoms with Gasteiger partial charge in [-0.05, 0) is 6.42 Å². The minimum Gasteiger partial charge on any atom is -0.286 e. The van der Waals surface area contributed by atoms with Crippen LogP contribution in [0, 0.1) is 0 Å². The molecule has 0 spiro atoms. The predicted molar refractivity (Wildman–Crippen MR) is 39.9 cm³/mol. The number of alkyl halides is 1. The number of hydrogen-bond acceptors (Lipinski definition) is 2. The zero-order valence-electron chi connectivity index (χ0n) is 4.17. The van der Waals surface area contributed by atoms with Gasteiger partial charge in [0.05, 0.1) is 5.75 Å². The van der Waals surface area contributed by atoms with E-state index in [4.69, 9.17) is 4.55 Å². The molecule has 0 aliphatic heterocycles. The normalized spacial score (nSPS) is 11.8. The van der Waals surface area contributed by atoms with Crippen LogP contribution in [-0.4, -0.2) is 23.2 Å². The summed E-state index contributed by atoms with van der Waals surface area (Å²) in [5.41, 5.74) is 0. The molecule has 5 heteroatoms. The lowest BCUT2D eigenvalue weighted by Gasteiger charge is -1.89. The first-order valence-electron chi connectivity index (χ1n) is 2.07. The Balaban J connectivity index is 3.42. The third-order valence-corrected chi connectivity index (χ3v) is 2.10. The molecule has 3 nitrogen and oxygen atoms in total. The zero-order valence-corrected chi connectivity index (χ0v) is 7.15. The number of halogens is 1. The summed E-state index contributed by atoms with van der Waals surface area (Å²) in [6.07, 6.45) is 0.527. The van der Waals surface area contributed by atoms with Crippen molar-refractivity contribution in [1.29, 1.82) is 0 Å². The molecule has 0 saturated heterocycles. The smallest absolute Gasteiger partial charge is 0.264 e. The molecule has 8 heavy (non-hydrogen) atoms. The maximum Gasteiger partial charge on any atom is 0.264 e. The van der Waals surface area contributed by atoms with Crippen molar-refractivity contribution in [2.24, 2.45) is 0 Å². The van der Waals surface area contributed by atoms with E-state index in [1.54, 1.807) is 0 Å². The van der Waals surface area contributed by atoms with Gasteiger partial charge in [-0.25, -0.2) is 0 Å². The van der Waals surface area contributed by atoms with Gasteiger partial charge in [-0.2, -0.15) is 8.42 Å². The fourth-order valence-corrected chi connectivity index (χ4v) is 1.65. The third kappa shape index (κ3) is 6.64. The summed E-state index contributed by atoms with van der Waals surface area (Å²) in [7, 11) is -3.69. The van der Waals surface area contributed by atoms with E-state index in [1.807, 2.05) is 0 Å². The Labute approximate surface area is 62.4 Å². The van der Waals surface area contributed by atoms with Crippen LogP contribution >= 0.6 is 22.6 Å². The maximum absolute atomic E-state index is 9.94. The molecule has 0 heterocycles. The van der Waals surface area contributed by atoms with Crippen LogP contribution in [0.25, 0.3) is 0 Å². The SMILES string of the molecule is O=S(=O)(O)CCCI. The van der Waals surface area contributed by atoms with Crippen molar-refractivity contribution in [3.05, 3.63) is 0 Å². The van der Waals surface area contributed by atoms with Crippen molar-refractivity contribution in [2.45, 2.75) is 6.42 Å². The van der Waals surface area contributed by atoms with Gasteiger partial charge < -0.3 is 0 Å². The van der Waals surface area contributed by atoms with Crippen LogP contribution in [0.1, 0.15) is 6.42 Å². The van der Waals surface area contributed by atoms with Crippen molar-refractivity contribution in [3.63, 3.8) is 0 Å². The Morgan fingerprint density at radius 3 is 2.12 bits per heavy atom. The van der Waals surface area contributed by atoms with Crippen LogP contribution in [0.15, 0.2) is 0 Å². The quantitative estimate of drug-likeness (QED) is 0.455. The molecule has 0 atom stereocenters. The Hall–Kier alpha value is 0.640. The van der Waals surface area contributed by atoms with Gasteiger partial charge in [0.1, 0.15) is 0 Å². The molecule has 0 fully saturated rings. The number of rotatable bonds is 3. The van der Waals surface area contributed by atoms with Gasteiger partial charge in [0, 0.05) is 4.43 Å². The molecule has 0 aromatic rings. The monoisotopic (exact) mass is 250 g/mol. The van der Waals surface area contributed by atoms with E-state index in [1.165, 1.54) is 0 Å². The molecule has 0 aromatic carbocycles. The molecule has 50 valence electrons. The Morgan fingerprint density at radius 1 is 1.50 bits per heavy atom. The summed E-state index contributed by atoms with van der Waals surface area (Å²) >= 11 is 2.05. The maximum atomic E-state index is 9.94. The van der Waals surface area contributed by atoms with Crippen molar-refractivity contribution in [1.82, 2.24) is 0 Å². The molecule has 0 aliphatic rings. The first kappa shape index (κ1) is 8.64. The highest BCUT2D eigenvalue weighted by molar-refractivity contribution is 14.1. The first-order chi connectivity index (χ1) is 3.56. The van der Waals surface area contributed by atoms with E-state index in [0.717, 1.165) is 4.43 Å². The van der Waals surface area contributed by atoms with Crippen LogP contribution in [0.5, 0.6) is 0 Å². The lowest BCUT2D eigenvalue weighted by Crippen LogP contribution is -2.03. The summed E-state index contributed by atoms with van der Waals surface area (Å²) < 4.78 is 28.8. The van der Waals surface area contributed by atoms with E-state index >= 15 is 0 Å². The molecule has 0 bridgehead atoms. The standard InChI is InChI=1S/C3H7IO3S/c4-2-1-3-8(5,6)7/h1-3H2,(H,5,6,7). The van der Waals surface area contributed by atoms with Crippen molar-refractivity contribution in [3.8, 4) is 0 Å². The van der Waals surface area contributed by atoms with Gasteiger partial charge in [0.2, 0.25) is 0 Å². The first-order valence-corrected chi connectivity index (χ1v) is 5.21. The highest BCUT2D eigenvalue weighted by Gasteiger charge is 2.00. The molecular formula is C3H7IO3S. The van der Waals surface area contributed by atoms with E-state index in [2.05, 4.69) is 22.6 Å². The molecule has 0 aliphatic carbocycles. The Morgan fingerprint density at radius 2 is 2.00 bits per heavy atom. The topological polar surface area (TPSA) is 54.4 Å². The lowest BCUT2D eigenvalue weighted by molar-refractivity contribution is 0.482. The van der Waals surface area contributed by atoms with Gasteiger partial charge in [0.15, 0.2) is 0 Å². The second-order valence-electron chi connectivity index (χ2n) is 1.33. The lowest BCUT2D eigenvalue weighted by atomic mass is 10.6. The molecule has 0 saturated carbocycles. The molecule has 0 amide bonds. The summed E-state index contributed by atoms with van der Waals surface area (Å²) in [6, 6.07) is 0. The van der Waals surface area contributed by atoms with E-state index in [0.29, 0.717) is 6.42 Å². The Bertz CT molecular complexity index is 139. The van der Waals surface area contributed by atoms with Crippen molar-refractivity contribution >= 4 is 32.7 Å². The van der Waals surface area contributed by atoms with Crippen LogP contribution in [-0.2, 0) is 10.1 Å². The van der Waals surface area contributed by atoms with E-state index in [-0.39, 0.29) is 5.75 Å². The van der Waals surface area contributed by atoms with Crippen molar-refractivity contribution < 1.29 is 13.0 Å². The minimum atomic E-state index is -3.69. The summed E-state index contributed by atoms with van der Waals surface area (Å²) in [5.74, 6) is -0.115. The fraction of sp³-hybridized carbons (Fsp3) is 1.00. The van der Waals surface area contributed by atoms with Gasteiger partial charge in [-0.3, -0.25) is 4.55 Å². The van der Waals surface area contributed by atoms with Gasteiger partial charge in [-0.1, -0.05) is 22.6 Å². The van der Waals surface area contributed by atoms with Gasteiger partial charge in [-0.15, -0.1) is 0 Å². The highest BCUT2D eigenvalue weighted by Crippen LogP contribution is 1.91. The van der Waals surface area contributed by atoms with Crippen molar-refractivity contribution in [2.75, 3.05) is 10.2 Å². The average Bonchev–Trinajstić information content (AvgIpc) is 1.59. The van der Waals surface area contributed by atoms with E-state index < -0.39 is 10.1 Å². The second kappa shape index (κ2) is 3.62. The minimum absolute atomic E-state index is 0.115. The summed E-state index contributed by atoms with van der Waals surface area (Å²) in [6.45, 7) is 0. The Kier molecular flexibility index (Phi) is 3.91. The van der Waals surface area contributed by atoms with Crippen LogP contribution < -0.4 is 0 Å². The van der Waals surface area contributed by atoms with Gasteiger partial charge >= 0.3 is 0 Å². The predicted octanol–water partition coefficient (Wildman–Crippen LogP) is 0.699. The largest absolute Gasteiger partial charge is 0.286 e. The highest BCUT2D eigenvalue weighted by atomic mass is 127. The second-order valence-corrected chi connectivity index (χ2v) is 3.98. The summed E-state index contributed by atoms with van der Waals surface area (Å²) in [5, 5.41) is 0. The molecule has 0 rings (SSSR count). The van der Waals surface area contributed by atoms with Gasteiger partial charge in [0.25, 0.3) is 10.1 Å². The summed E-state index contributed by atoms with van der Waals surface area (Å²) in [4.78, 5) is 0. The van der Waals surface area contributed by atoms with Crippen LogP contribution in [0.2, 0.25) is 0 Å². The van der Waals surface area contributed by atoms with E-state index in [9.17, 15) is 8.42 Å². The van der Waals surface area contributed by atoms with Crippen LogP contribution in [0.4, 0.5) is 0 Å². The molecule has 0 unspecified atom stereocenters. The molecule has 0 radical (unpaired) electrons. The zero-order chi connectivity index (χ0) is 6.62. The molecule has 0 aromatic heterocycles. The van der Waals surface area contributed by atoms with Crippen LogP contribution in [0.3, 0.4) is 0 Å². The number of hydrogen-bond donors (Lipinski definition) is 1. The third-order valence-electron chi connectivity index (χ3n) is 0.536.